The summed E-state index contributed by atoms with van der Waals surface area (Å²) < 4.78 is 0. The summed E-state index contributed by atoms with van der Waals surface area (Å²) in [6, 6.07) is 14.5. The van der Waals surface area contributed by atoms with Crippen LogP contribution in [0, 0.1) is 20.2 Å². The van der Waals surface area contributed by atoms with Crippen LogP contribution < -0.4 is 5.32 Å². The Bertz CT molecular complexity index is 1250. The second kappa shape index (κ2) is 12.1. The first kappa shape index (κ1) is 27.3. The monoisotopic (exact) mass is 552 g/mol. The number of hydrogen-bond donors (Lipinski definition) is 2. The highest BCUT2D eigenvalue weighted by atomic mass is 35.5. The SMILES string of the molecule is O=C(CN(Cc1ccc(Cl)cc1)C[C@@H](O)c1ccc([N+](=O)[O-])cc1)Nc1c(Cl)cc([N+](=O)[O-])cc1Cl. The van der Waals surface area contributed by atoms with Crippen LogP contribution >= 0.6 is 34.8 Å². The van der Waals surface area contributed by atoms with Crippen molar-refractivity contribution in [3.05, 3.63) is 107 Å². The largest absolute Gasteiger partial charge is 0.387 e. The molecule has 0 spiro atoms. The number of carbonyl (C=O) groups excluding carboxylic acids is 1. The lowest BCUT2D eigenvalue weighted by Gasteiger charge is -2.25. The Labute approximate surface area is 220 Å². The number of nitro benzene ring substituents is 2. The van der Waals surface area contributed by atoms with E-state index in [9.17, 15) is 30.1 Å². The molecular weight excluding hydrogens is 535 g/mol. The number of nitrogens with zero attached hydrogens (tertiary/aromatic N) is 3. The van der Waals surface area contributed by atoms with Crippen LogP contribution in [0.15, 0.2) is 60.7 Å². The number of nitrogens with one attached hydrogen (secondary N) is 1. The van der Waals surface area contributed by atoms with Gasteiger partial charge in [-0.3, -0.25) is 29.9 Å². The van der Waals surface area contributed by atoms with Gasteiger partial charge in [-0.2, -0.15) is 0 Å². The second-order valence-electron chi connectivity index (χ2n) is 7.75. The fourth-order valence-electron chi connectivity index (χ4n) is 3.37. The van der Waals surface area contributed by atoms with Crippen molar-refractivity contribution in [1.29, 1.82) is 0 Å². The van der Waals surface area contributed by atoms with E-state index >= 15 is 0 Å². The summed E-state index contributed by atoms with van der Waals surface area (Å²) in [5, 5.41) is 35.5. The summed E-state index contributed by atoms with van der Waals surface area (Å²) in [5.74, 6) is -0.530. The van der Waals surface area contributed by atoms with Crippen LogP contribution in [0.1, 0.15) is 17.2 Å². The molecule has 0 heterocycles. The first-order chi connectivity index (χ1) is 17.0. The molecule has 3 rings (SSSR count). The molecule has 10 nitrogen and oxygen atoms in total. The van der Waals surface area contributed by atoms with Gasteiger partial charge in [-0.1, -0.05) is 46.9 Å². The average Bonchev–Trinajstić information content (AvgIpc) is 2.82. The second-order valence-corrected chi connectivity index (χ2v) is 9.00. The predicted molar refractivity (Wildman–Crippen MR) is 137 cm³/mol. The Kier molecular flexibility index (Phi) is 9.19. The molecule has 0 saturated heterocycles. The fourth-order valence-corrected chi connectivity index (χ4v) is 4.06. The molecule has 36 heavy (non-hydrogen) atoms. The number of carbonyl (C=O) groups is 1. The summed E-state index contributed by atoms with van der Waals surface area (Å²) in [6.45, 7) is 0.0717. The Hall–Kier alpha value is -3.28. The standard InChI is InChI=1S/C23H19Cl3N4O6/c24-16-5-1-14(2-6-16)11-28(12-21(31)15-3-7-17(8-4-15)29(33)34)13-22(32)27-23-19(25)9-18(30(35)36)10-20(23)26/h1-10,21,31H,11-13H2,(H,27,32)/t21-/m1/s1. The van der Waals surface area contributed by atoms with Crippen molar-refractivity contribution in [2.45, 2.75) is 12.6 Å². The van der Waals surface area contributed by atoms with Crippen molar-refractivity contribution in [2.24, 2.45) is 0 Å². The Balaban J connectivity index is 1.78. The minimum atomic E-state index is -1.06. The van der Waals surface area contributed by atoms with Gasteiger partial charge >= 0.3 is 0 Å². The number of benzene rings is 3. The minimum absolute atomic E-state index is 0.00951. The lowest BCUT2D eigenvalue weighted by molar-refractivity contribution is -0.385. The molecule has 1 atom stereocenters. The van der Waals surface area contributed by atoms with Crippen LogP contribution in [0.5, 0.6) is 0 Å². The van der Waals surface area contributed by atoms with Gasteiger partial charge in [0.2, 0.25) is 5.91 Å². The zero-order valence-corrected chi connectivity index (χ0v) is 20.7. The number of non-ortho nitro benzene ring substituents is 2. The van der Waals surface area contributed by atoms with E-state index < -0.39 is 21.9 Å². The van der Waals surface area contributed by atoms with E-state index in [0.717, 1.165) is 17.7 Å². The first-order valence-corrected chi connectivity index (χ1v) is 11.5. The van der Waals surface area contributed by atoms with Crippen LogP contribution in [-0.2, 0) is 11.3 Å². The lowest BCUT2D eigenvalue weighted by Crippen LogP contribution is -2.36. The third-order valence-corrected chi connectivity index (χ3v) is 5.96. The minimum Gasteiger partial charge on any atom is -0.387 e. The molecule has 0 aliphatic heterocycles. The van der Waals surface area contributed by atoms with Gasteiger partial charge in [-0.05, 0) is 35.4 Å². The van der Waals surface area contributed by atoms with E-state index in [2.05, 4.69) is 5.32 Å². The number of halogens is 3. The van der Waals surface area contributed by atoms with Gasteiger partial charge in [0.05, 0.1) is 38.2 Å². The molecule has 0 aromatic heterocycles. The zero-order valence-electron chi connectivity index (χ0n) is 18.4. The molecule has 0 aliphatic rings. The highest BCUT2D eigenvalue weighted by Gasteiger charge is 2.21. The van der Waals surface area contributed by atoms with Crippen molar-refractivity contribution in [3.8, 4) is 0 Å². The molecule has 0 bridgehead atoms. The highest BCUT2D eigenvalue weighted by Crippen LogP contribution is 2.34. The number of anilines is 1. The van der Waals surface area contributed by atoms with Gasteiger partial charge in [0.1, 0.15) is 0 Å². The van der Waals surface area contributed by atoms with E-state index in [1.807, 2.05) is 0 Å². The van der Waals surface area contributed by atoms with Gasteiger partial charge in [0, 0.05) is 42.4 Å². The molecule has 0 aliphatic carbocycles. The van der Waals surface area contributed by atoms with E-state index in [0.29, 0.717) is 10.6 Å². The maximum atomic E-state index is 12.8. The molecule has 188 valence electrons. The molecule has 0 unspecified atom stereocenters. The molecule has 0 radical (unpaired) electrons. The summed E-state index contributed by atoms with van der Waals surface area (Å²) in [6.07, 6.45) is -1.06. The molecule has 3 aromatic carbocycles. The van der Waals surface area contributed by atoms with Crippen LogP contribution in [0.4, 0.5) is 17.1 Å². The summed E-state index contributed by atoms with van der Waals surface area (Å²) in [7, 11) is 0. The van der Waals surface area contributed by atoms with Crippen molar-refractivity contribution >= 4 is 57.8 Å². The number of rotatable bonds is 10. The number of hydrogen-bond acceptors (Lipinski definition) is 7. The fraction of sp³-hybridized carbons (Fsp3) is 0.174. The Morgan fingerprint density at radius 1 is 0.917 bits per heavy atom. The Morgan fingerprint density at radius 3 is 2.00 bits per heavy atom. The van der Waals surface area contributed by atoms with Crippen LogP contribution in [0.3, 0.4) is 0 Å². The lowest BCUT2D eigenvalue weighted by atomic mass is 10.1. The van der Waals surface area contributed by atoms with Crippen LogP contribution in [0.2, 0.25) is 15.1 Å². The van der Waals surface area contributed by atoms with Crippen molar-refractivity contribution in [3.63, 3.8) is 0 Å². The number of aliphatic hydroxyl groups excluding tert-OH is 1. The normalized spacial score (nSPS) is 11.8. The molecule has 3 aromatic rings. The van der Waals surface area contributed by atoms with E-state index in [4.69, 9.17) is 34.8 Å². The summed E-state index contributed by atoms with van der Waals surface area (Å²) in [5.41, 5.74) is 0.841. The number of amides is 1. The van der Waals surface area contributed by atoms with Crippen molar-refractivity contribution in [2.75, 3.05) is 18.4 Å². The molecule has 0 saturated carbocycles. The first-order valence-electron chi connectivity index (χ1n) is 10.4. The molecular formula is C23H19Cl3N4O6. The molecule has 2 N–H and O–H groups in total. The van der Waals surface area contributed by atoms with Crippen LogP contribution in [0.25, 0.3) is 0 Å². The van der Waals surface area contributed by atoms with Gasteiger partial charge in [0.25, 0.3) is 11.4 Å². The Morgan fingerprint density at radius 2 is 1.47 bits per heavy atom. The average molecular weight is 554 g/mol. The van der Waals surface area contributed by atoms with E-state index in [1.165, 1.54) is 24.3 Å². The third-order valence-electron chi connectivity index (χ3n) is 5.11. The topological polar surface area (TPSA) is 139 Å². The highest BCUT2D eigenvalue weighted by molar-refractivity contribution is 6.40. The van der Waals surface area contributed by atoms with Gasteiger partial charge in [0.15, 0.2) is 0 Å². The number of aliphatic hydroxyl groups is 1. The predicted octanol–water partition coefficient (Wildman–Crippen LogP) is 5.64. The quantitative estimate of drug-likeness (QED) is 0.245. The summed E-state index contributed by atoms with van der Waals surface area (Å²) in [4.78, 5) is 35.2. The van der Waals surface area contributed by atoms with Gasteiger partial charge < -0.3 is 10.4 Å². The van der Waals surface area contributed by atoms with Gasteiger partial charge in [-0.15, -0.1) is 0 Å². The smallest absolute Gasteiger partial charge is 0.272 e. The van der Waals surface area contributed by atoms with Crippen molar-refractivity contribution < 1.29 is 19.7 Å². The maximum absolute atomic E-state index is 12.8. The number of nitro groups is 2. The zero-order chi connectivity index (χ0) is 26.4. The molecule has 0 fully saturated rings. The van der Waals surface area contributed by atoms with Gasteiger partial charge in [-0.25, -0.2) is 0 Å². The molecule has 1 amide bonds. The van der Waals surface area contributed by atoms with Crippen molar-refractivity contribution in [1.82, 2.24) is 4.90 Å². The van der Waals surface area contributed by atoms with E-state index in [1.54, 1.807) is 29.2 Å². The summed E-state index contributed by atoms with van der Waals surface area (Å²) >= 11 is 18.1. The molecule has 13 heteroatoms. The van der Waals surface area contributed by atoms with Crippen LogP contribution in [-0.4, -0.2) is 38.8 Å². The van der Waals surface area contributed by atoms with E-state index in [-0.39, 0.29) is 46.7 Å². The third kappa shape index (κ3) is 7.36. The maximum Gasteiger partial charge on any atom is 0.272 e.